The molecular formula is C14H21N3Pt. The summed E-state index contributed by atoms with van der Waals surface area (Å²) >= 11 is 2.33. The molecule has 2 aromatic rings. The molecule has 2 N–H and O–H groups in total. The van der Waals surface area contributed by atoms with Crippen LogP contribution in [-0.4, -0.2) is 9.13 Å². The fourth-order valence-electron chi connectivity index (χ4n) is 1.45. The van der Waals surface area contributed by atoms with Gasteiger partial charge in [-0.05, 0) is 5.56 Å². The smallest absolute Gasteiger partial charge is 0.0178 e. The number of aryl methyl sites for hydroxylation is 1. The number of benzene rings is 1. The Hall–Kier alpha value is -0.922. The summed E-state index contributed by atoms with van der Waals surface area (Å²) in [5.41, 5.74) is 6.54. The Bertz CT molecular complexity index is 511. The quantitative estimate of drug-likeness (QED) is 0.788. The maximum atomic E-state index is 5.35. The second kappa shape index (κ2) is 7.50. The second-order valence-electron chi connectivity index (χ2n) is 4.34. The average molecular weight is 426 g/mol. The molecule has 4 heteroatoms. The maximum Gasteiger partial charge on any atom is 0.0178 e. The van der Waals surface area contributed by atoms with Gasteiger partial charge in [0.05, 0.1) is 0 Å². The van der Waals surface area contributed by atoms with Gasteiger partial charge >= 0.3 is 71.6 Å². The number of hydrogen-bond acceptors (Lipinski definition) is 1. The number of nitrogens with two attached hydrogens (primary N) is 1. The Kier molecular flexibility index (Phi) is 6.31. The van der Waals surface area contributed by atoms with E-state index in [-0.39, 0.29) is 0 Å². The van der Waals surface area contributed by atoms with Gasteiger partial charge in [0.1, 0.15) is 0 Å². The van der Waals surface area contributed by atoms with Crippen molar-refractivity contribution in [3.8, 4) is 0 Å². The Morgan fingerprint density at radius 1 is 1.17 bits per heavy atom. The normalized spacial score (nSPS) is 10.2. The maximum absolute atomic E-state index is 5.35. The first-order valence-electron chi connectivity index (χ1n) is 5.99. The topological polar surface area (TPSA) is 35.9 Å². The van der Waals surface area contributed by atoms with Crippen LogP contribution in [0.3, 0.4) is 0 Å². The molecule has 0 spiro atoms. The molecule has 1 aromatic heterocycles. The van der Waals surface area contributed by atoms with Gasteiger partial charge in [0.25, 0.3) is 0 Å². The fraction of sp³-hybridized carbons (Fsp3) is 0.357. The van der Waals surface area contributed by atoms with E-state index in [0.29, 0.717) is 12.6 Å². The predicted octanol–water partition coefficient (Wildman–Crippen LogP) is 2.63. The van der Waals surface area contributed by atoms with Gasteiger partial charge in [-0.15, -0.1) is 0 Å². The summed E-state index contributed by atoms with van der Waals surface area (Å²) in [6.45, 7) is 5.01. The van der Waals surface area contributed by atoms with Crippen LogP contribution in [0.5, 0.6) is 0 Å². The van der Waals surface area contributed by atoms with E-state index in [0.717, 1.165) is 0 Å². The van der Waals surface area contributed by atoms with Crippen molar-refractivity contribution in [2.45, 2.75) is 26.4 Å². The summed E-state index contributed by atoms with van der Waals surface area (Å²) in [5.74, 6) is 0. The van der Waals surface area contributed by atoms with Crippen molar-refractivity contribution in [1.82, 2.24) is 9.13 Å². The van der Waals surface area contributed by atoms with Gasteiger partial charge in [0.15, 0.2) is 0 Å². The second-order valence-corrected chi connectivity index (χ2v) is 5.36. The van der Waals surface area contributed by atoms with Gasteiger partial charge in [0, 0.05) is 6.54 Å². The molecule has 0 unspecified atom stereocenters. The molecule has 0 saturated carbocycles. The number of hydrogen-bond donors (Lipinski definition) is 1. The molecule has 0 bridgehead atoms. The van der Waals surface area contributed by atoms with E-state index in [1.54, 1.807) is 0 Å². The molecule has 3 nitrogen and oxygen atoms in total. The zero-order valence-corrected chi connectivity index (χ0v) is 13.4. The molecule has 1 aromatic carbocycles. The van der Waals surface area contributed by atoms with Crippen molar-refractivity contribution >= 4 is 0 Å². The third kappa shape index (κ3) is 4.39. The molecule has 18 heavy (non-hydrogen) atoms. The summed E-state index contributed by atoms with van der Waals surface area (Å²) in [4.78, 5) is 0. The summed E-state index contributed by atoms with van der Waals surface area (Å²) in [5, 5.41) is 0. The number of nitrogens with zero attached hydrogens (tertiary/aromatic N) is 2. The molecule has 1 heterocycles. The van der Waals surface area contributed by atoms with E-state index in [1.165, 1.54) is 9.37 Å². The zero-order valence-electron chi connectivity index (χ0n) is 11.1. The van der Waals surface area contributed by atoms with E-state index in [9.17, 15) is 0 Å². The molecule has 0 amide bonds. The molecule has 0 saturated heterocycles. The first-order chi connectivity index (χ1) is 8.56. The van der Waals surface area contributed by atoms with Crippen LogP contribution in [0, 0.1) is 3.80 Å². The van der Waals surface area contributed by atoms with E-state index in [1.807, 2.05) is 30.3 Å². The van der Waals surface area contributed by atoms with E-state index < -0.39 is 0 Å². The fourth-order valence-corrected chi connectivity index (χ4v) is 2.38. The molecule has 0 radical (unpaired) electrons. The Morgan fingerprint density at radius 2 is 1.78 bits per heavy atom. The molecule has 0 atom stereocenters. The molecule has 102 valence electrons. The first-order valence-corrected chi connectivity index (χ1v) is 7.12. The van der Waals surface area contributed by atoms with Crippen molar-refractivity contribution in [2.24, 2.45) is 12.8 Å². The van der Waals surface area contributed by atoms with Crippen LogP contribution in [-0.2, 0) is 32.9 Å². The first kappa shape index (κ1) is 15.1. The van der Waals surface area contributed by atoms with Crippen molar-refractivity contribution in [3.05, 3.63) is 52.1 Å². The third-order valence-electron chi connectivity index (χ3n) is 2.55. The third-order valence-corrected chi connectivity index (χ3v) is 3.94. The average Bonchev–Trinajstić information content (AvgIpc) is 2.72. The van der Waals surface area contributed by atoms with E-state index in [2.05, 4.69) is 61.8 Å². The summed E-state index contributed by atoms with van der Waals surface area (Å²) in [6.07, 6.45) is 4.18. The summed E-state index contributed by atoms with van der Waals surface area (Å²) in [7, 11) is 2.06. The van der Waals surface area contributed by atoms with Gasteiger partial charge in [-0.1, -0.05) is 30.3 Å². The van der Waals surface area contributed by atoms with Gasteiger partial charge < -0.3 is 5.73 Å². The summed E-state index contributed by atoms with van der Waals surface area (Å²) in [6, 6.07) is 10.6. The van der Waals surface area contributed by atoms with Crippen LogP contribution in [0.1, 0.15) is 25.5 Å². The van der Waals surface area contributed by atoms with Crippen LogP contribution in [0.25, 0.3) is 0 Å². The van der Waals surface area contributed by atoms with Gasteiger partial charge in [-0.2, -0.15) is 0 Å². The monoisotopic (exact) mass is 426 g/mol. The minimum atomic E-state index is 0.564. The number of aromatic nitrogens is 2. The minimum Gasteiger partial charge on any atom is -0.326 e. The van der Waals surface area contributed by atoms with E-state index >= 15 is 0 Å². The molecular weight excluding hydrogens is 405 g/mol. The number of rotatable bonds is 2. The summed E-state index contributed by atoms with van der Waals surface area (Å²) < 4.78 is 5.62. The zero-order chi connectivity index (χ0) is 13.5. The van der Waals surface area contributed by atoms with E-state index in [4.69, 9.17) is 5.73 Å². The van der Waals surface area contributed by atoms with Crippen molar-refractivity contribution < 1.29 is 19.4 Å². The molecule has 0 aliphatic heterocycles. The molecule has 0 aliphatic rings. The van der Waals surface area contributed by atoms with Gasteiger partial charge in [0.2, 0.25) is 0 Å². The molecule has 0 aliphatic carbocycles. The van der Waals surface area contributed by atoms with Gasteiger partial charge in [-0.3, -0.25) is 0 Å². The molecule has 2 rings (SSSR count). The van der Waals surface area contributed by atoms with Crippen LogP contribution in [0.2, 0.25) is 0 Å². The predicted molar refractivity (Wildman–Crippen MR) is 71.4 cm³/mol. The standard InChI is InChI=1S/C7H12N2.C7H9N.Pt/c1-7(2)9-5-4-8(3)6-9;8-6-7-4-2-1-3-5-7;/h4-5,7H,1-3H3;1-5H,6,8H2;. The van der Waals surface area contributed by atoms with Crippen LogP contribution in [0.4, 0.5) is 0 Å². The van der Waals surface area contributed by atoms with Gasteiger partial charge in [-0.25, -0.2) is 0 Å². The Balaban J connectivity index is 0.000000184. The molecule has 0 fully saturated rings. The Morgan fingerprint density at radius 3 is 2.06 bits per heavy atom. The van der Waals surface area contributed by atoms with Crippen LogP contribution < -0.4 is 5.73 Å². The minimum absolute atomic E-state index is 0.564. The van der Waals surface area contributed by atoms with Crippen molar-refractivity contribution in [2.75, 3.05) is 0 Å². The number of imidazole rings is 1. The van der Waals surface area contributed by atoms with Crippen LogP contribution in [0.15, 0.2) is 42.7 Å². The van der Waals surface area contributed by atoms with Crippen molar-refractivity contribution in [3.63, 3.8) is 0 Å². The van der Waals surface area contributed by atoms with Crippen molar-refractivity contribution in [1.29, 1.82) is 0 Å². The Labute approximate surface area is 120 Å². The van der Waals surface area contributed by atoms with Crippen LogP contribution >= 0.6 is 0 Å². The SMILES string of the molecule is CC(C)n1ccn(C)[c]1=[Pt].NCc1ccccc1. The largest absolute Gasteiger partial charge is 0.326 e.